The fourth-order valence-corrected chi connectivity index (χ4v) is 1.40. The fourth-order valence-electron chi connectivity index (χ4n) is 1.40. The van der Waals surface area contributed by atoms with E-state index in [1.54, 1.807) is 0 Å². The zero-order valence-corrected chi connectivity index (χ0v) is 8.59. The Balaban J connectivity index is 2.51. The van der Waals surface area contributed by atoms with Gasteiger partial charge in [-0.1, -0.05) is 5.11 Å². The lowest BCUT2D eigenvalue weighted by Crippen LogP contribution is -2.54. The lowest BCUT2D eigenvalue weighted by Gasteiger charge is -2.32. The molecule has 0 N–H and O–H groups in total. The van der Waals surface area contributed by atoms with Gasteiger partial charge < -0.3 is 9.80 Å². The number of nitrogens with zero attached hydrogens (tertiary/aromatic N) is 5. The molecule has 0 aromatic carbocycles. The van der Waals surface area contributed by atoms with Gasteiger partial charge >= 0.3 is 0 Å². The lowest BCUT2D eigenvalue weighted by molar-refractivity contribution is -0.149. The predicted octanol–water partition coefficient (Wildman–Crippen LogP) is -0.0126. The van der Waals surface area contributed by atoms with Gasteiger partial charge in [-0.05, 0) is 12.5 Å². The molecule has 0 spiro atoms. The number of likely N-dealkylation sites (N-methyl/N-ethyl adjacent to an activating group) is 1. The standard InChI is InChI=1S/C8H13N5O2/c1-2-12-5-8(15)13(6-7(12)14)4-3-10-11-9/h2-6H2,1H3. The molecule has 1 heterocycles. The van der Waals surface area contributed by atoms with Crippen molar-refractivity contribution in [2.45, 2.75) is 6.92 Å². The predicted molar refractivity (Wildman–Crippen MR) is 52.8 cm³/mol. The van der Waals surface area contributed by atoms with Crippen LogP contribution in [0.4, 0.5) is 0 Å². The molecule has 0 aromatic rings. The van der Waals surface area contributed by atoms with Crippen LogP contribution in [-0.4, -0.2) is 54.3 Å². The maximum atomic E-state index is 11.5. The van der Waals surface area contributed by atoms with Gasteiger partial charge in [0.25, 0.3) is 0 Å². The molecule has 0 saturated carbocycles. The molecule has 1 aliphatic rings. The van der Waals surface area contributed by atoms with E-state index in [2.05, 4.69) is 10.0 Å². The van der Waals surface area contributed by atoms with Crippen LogP contribution in [-0.2, 0) is 9.59 Å². The molecule has 1 aliphatic heterocycles. The Hall–Kier alpha value is -1.75. The number of azide groups is 1. The topological polar surface area (TPSA) is 89.4 Å². The Labute approximate surface area is 87.3 Å². The molecule has 1 fully saturated rings. The quantitative estimate of drug-likeness (QED) is 0.371. The second-order valence-corrected chi connectivity index (χ2v) is 3.18. The van der Waals surface area contributed by atoms with Crippen molar-refractivity contribution in [3.63, 3.8) is 0 Å². The monoisotopic (exact) mass is 211 g/mol. The molecule has 0 aliphatic carbocycles. The van der Waals surface area contributed by atoms with E-state index < -0.39 is 0 Å². The summed E-state index contributed by atoms with van der Waals surface area (Å²) in [5, 5.41) is 3.33. The number of amides is 2. The molecule has 15 heavy (non-hydrogen) atoms. The van der Waals surface area contributed by atoms with Crippen molar-refractivity contribution in [3.8, 4) is 0 Å². The number of carbonyl (C=O) groups is 2. The third kappa shape index (κ3) is 2.85. The summed E-state index contributed by atoms with van der Waals surface area (Å²) in [6.07, 6.45) is 0. The maximum Gasteiger partial charge on any atom is 0.242 e. The average molecular weight is 211 g/mol. The van der Waals surface area contributed by atoms with Crippen LogP contribution in [0.1, 0.15) is 6.92 Å². The van der Waals surface area contributed by atoms with Gasteiger partial charge in [0.1, 0.15) is 0 Å². The first-order valence-corrected chi connectivity index (χ1v) is 4.75. The minimum atomic E-state index is -0.0930. The number of piperazine rings is 1. The largest absolute Gasteiger partial charge is 0.332 e. The van der Waals surface area contributed by atoms with Crippen LogP contribution < -0.4 is 0 Å². The summed E-state index contributed by atoms with van der Waals surface area (Å²) < 4.78 is 0. The zero-order valence-electron chi connectivity index (χ0n) is 8.59. The first-order valence-electron chi connectivity index (χ1n) is 4.75. The number of rotatable bonds is 4. The molecule has 0 atom stereocenters. The summed E-state index contributed by atoms with van der Waals surface area (Å²) in [7, 11) is 0. The van der Waals surface area contributed by atoms with Crippen LogP contribution in [0.25, 0.3) is 10.4 Å². The molecule has 1 rings (SSSR count). The summed E-state index contributed by atoms with van der Waals surface area (Å²) in [6.45, 7) is 3.13. The first-order chi connectivity index (χ1) is 7.19. The summed E-state index contributed by atoms with van der Waals surface area (Å²) in [5.41, 5.74) is 8.07. The van der Waals surface area contributed by atoms with E-state index in [1.807, 2.05) is 6.92 Å². The third-order valence-corrected chi connectivity index (χ3v) is 2.27. The fraction of sp³-hybridized carbons (Fsp3) is 0.750. The minimum Gasteiger partial charge on any atom is -0.332 e. The number of hydrogen-bond donors (Lipinski definition) is 0. The second-order valence-electron chi connectivity index (χ2n) is 3.18. The lowest BCUT2D eigenvalue weighted by atomic mass is 10.3. The molecule has 0 unspecified atom stereocenters. The minimum absolute atomic E-state index is 0.0574. The normalized spacial score (nSPS) is 16.6. The molecule has 2 amide bonds. The van der Waals surface area contributed by atoms with Crippen molar-refractivity contribution in [1.29, 1.82) is 0 Å². The number of carbonyl (C=O) groups excluding carboxylic acids is 2. The summed E-state index contributed by atoms with van der Waals surface area (Å²) in [6, 6.07) is 0. The Bertz CT molecular complexity index is 310. The Kier molecular flexibility index (Phi) is 3.93. The Morgan fingerprint density at radius 2 is 1.93 bits per heavy atom. The van der Waals surface area contributed by atoms with Crippen LogP contribution in [0.3, 0.4) is 0 Å². The molecular formula is C8H13N5O2. The van der Waals surface area contributed by atoms with Gasteiger partial charge in [0.15, 0.2) is 0 Å². The SMILES string of the molecule is CCN1CC(=O)N(CCN=[N+]=[N-])CC1=O. The molecule has 1 saturated heterocycles. The van der Waals surface area contributed by atoms with Crippen molar-refractivity contribution in [2.75, 3.05) is 32.7 Å². The van der Waals surface area contributed by atoms with E-state index in [0.29, 0.717) is 13.1 Å². The number of hydrogen-bond acceptors (Lipinski definition) is 3. The molecule has 7 heteroatoms. The molecule has 0 radical (unpaired) electrons. The summed E-state index contributed by atoms with van der Waals surface area (Å²) >= 11 is 0. The summed E-state index contributed by atoms with van der Waals surface area (Å²) in [4.78, 5) is 28.5. The smallest absolute Gasteiger partial charge is 0.242 e. The van der Waals surface area contributed by atoms with Crippen molar-refractivity contribution >= 4 is 11.8 Å². The van der Waals surface area contributed by atoms with Gasteiger partial charge in [-0.15, -0.1) is 0 Å². The van der Waals surface area contributed by atoms with Gasteiger partial charge in [-0.3, -0.25) is 9.59 Å². The van der Waals surface area contributed by atoms with Crippen molar-refractivity contribution in [2.24, 2.45) is 5.11 Å². The van der Waals surface area contributed by atoms with Gasteiger partial charge in [0.05, 0.1) is 13.1 Å². The van der Waals surface area contributed by atoms with E-state index in [0.717, 1.165) is 0 Å². The molecule has 0 bridgehead atoms. The van der Waals surface area contributed by atoms with Gasteiger partial charge in [0.2, 0.25) is 11.8 Å². The van der Waals surface area contributed by atoms with Crippen LogP contribution in [0.5, 0.6) is 0 Å². The van der Waals surface area contributed by atoms with E-state index in [4.69, 9.17) is 5.53 Å². The second kappa shape index (κ2) is 5.21. The Morgan fingerprint density at radius 3 is 2.53 bits per heavy atom. The molecule has 82 valence electrons. The summed E-state index contributed by atoms with van der Waals surface area (Å²) in [5.74, 6) is -0.150. The highest BCUT2D eigenvalue weighted by molar-refractivity contribution is 5.92. The highest BCUT2D eigenvalue weighted by atomic mass is 16.2. The molecule has 0 aromatic heterocycles. The van der Waals surface area contributed by atoms with Crippen LogP contribution >= 0.6 is 0 Å². The van der Waals surface area contributed by atoms with E-state index in [9.17, 15) is 9.59 Å². The maximum absolute atomic E-state index is 11.5. The van der Waals surface area contributed by atoms with Crippen molar-refractivity contribution < 1.29 is 9.59 Å². The van der Waals surface area contributed by atoms with Gasteiger partial charge in [0, 0.05) is 24.5 Å². The van der Waals surface area contributed by atoms with Gasteiger partial charge in [-0.25, -0.2) is 0 Å². The van der Waals surface area contributed by atoms with E-state index in [-0.39, 0.29) is 31.4 Å². The zero-order chi connectivity index (χ0) is 11.3. The Morgan fingerprint density at radius 1 is 1.33 bits per heavy atom. The van der Waals surface area contributed by atoms with Crippen LogP contribution in [0.15, 0.2) is 5.11 Å². The highest BCUT2D eigenvalue weighted by Crippen LogP contribution is 2.04. The van der Waals surface area contributed by atoms with Crippen molar-refractivity contribution in [3.05, 3.63) is 10.4 Å². The highest BCUT2D eigenvalue weighted by Gasteiger charge is 2.27. The van der Waals surface area contributed by atoms with Gasteiger partial charge in [-0.2, -0.15) is 0 Å². The van der Waals surface area contributed by atoms with Crippen LogP contribution in [0, 0.1) is 0 Å². The van der Waals surface area contributed by atoms with E-state index >= 15 is 0 Å². The molecule has 7 nitrogen and oxygen atoms in total. The average Bonchev–Trinajstić information content (AvgIpc) is 2.23. The van der Waals surface area contributed by atoms with Crippen LogP contribution in [0.2, 0.25) is 0 Å². The van der Waals surface area contributed by atoms with Crippen molar-refractivity contribution in [1.82, 2.24) is 9.80 Å². The molecular weight excluding hydrogens is 198 g/mol. The third-order valence-electron chi connectivity index (χ3n) is 2.27. The van der Waals surface area contributed by atoms with E-state index in [1.165, 1.54) is 9.80 Å². The first kappa shape index (κ1) is 11.3.